The molecule has 5 N–H and O–H groups in total. The Hall–Kier alpha value is -5.60. The van der Waals surface area contributed by atoms with Crippen LogP contribution in [0, 0.1) is 46.8 Å². The van der Waals surface area contributed by atoms with E-state index in [4.69, 9.17) is 4.74 Å². The second-order valence-electron chi connectivity index (χ2n) is 24.8. The van der Waals surface area contributed by atoms with Crippen molar-refractivity contribution in [2.24, 2.45) is 39.9 Å². The van der Waals surface area contributed by atoms with Crippen molar-refractivity contribution >= 4 is 57.3 Å². The second-order valence-corrected chi connectivity index (χ2v) is 25.6. The van der Waals surface area contributed by atoms with E-state index >= 15 is 0 Å². The van der Waals surface area contributed by atoms with Gasteiger partial charge in [-0.05, 0) is 116 Å². The van der Waals surface area contributed by atoms with Crippen molar-refractivity contribution in [1.82, 2.24) is 25.8 Å². The molecule has 3 heterocycles. The standard InChI is InChI=1S/C63H84N6O7S/c1-40-56(77-39-65-40)42-25-23-41(24-26-42)37-64-59(74)51-36-43(70)38-69(51)60(75)57(61(2,3)4)68-54(71)22-14-12-10-8-7-9-11-13-15-35-76-52-21-17-18-44-45(52)19-16-20-50(44)66-58(73)49-29-28-47-46-27-30-53-63(6,34-32-55(72)67-53)48(46)31-33-62(47,49)5/h16-21,23-26,32,34,39,43,46-49,51,53,57,70H,7-15,22,27-31,33,35-38H2,1-6H3,(H,64,74)(H,66,73)(H,67,72)(H,68,71)/t43-,46+,47+,48+,49-,51+,53-,57-,62+,63-/m1/s1. The van der Waals surface area contributed by atoms with E-state index in [2.05, 4.69) is 58.3 Å². The van der Waals surface area contributed by atoms with E-state index in [9.17, 15) is 29.1 Å². The summed E-state index contributed by atoms with van der Waals surface area (Å²) >= 11 is 1.59. The smallest absolute Gasteiger partial charge is 0.246 e. The van der Waals surface area contributed by atoms with Gasteiger partial charge in [0.2, 0.25) is 29.5 Å². The molecule has 1 saturated heterocycles. The predicted octanol–water partition coefficient (Wildman–Crippen LogP) is 11.2. The number of rotatable bonds is 21. The lowest BCUT2D eigenvalue weighted by atomic mass is 9.48. The fourth-order valence-corrected chi connectivity index (χ4v) is 15.1. The molecule has 5 aliphatic rings. The van der Waals surface area contributed by atoms with E-state index in [1.165, 1.54) is 4.90 Å². The number of aliphatic hydroxyl groups is 1. The Bertz CT molecular complexity index is 2790. The molecule has 0 radical (unpaired) electrons. The Morgan fingerprint density at radius 1 is 0.857 bits per heavy atom. The van der Waals surface area contributed by atoms with Crippen LogP contribution in [-0.4, -0.2) is 81.9 Å². The van der Waals surface area contributed by atoms with E-state index in [1.54, 1.807) is 17.4 Å². The predicted molar refractivity (Wildman–Crippen MR) is 305 cm³/mol. The number of fused-ring (bicyclic) bond motifs is 6. The molecule has 414 valence electrons. The third-order valence-electron chi connectivity index (χ3n) is 18.7. The molecule has 9 rings (SSSR count). The number of amides is 5. The molecule has 3 aliphatic carbocycles. The number of carbonyl (C=O) groups excluding carboxylic acids is 5. The number of benzene rings is 3. The lowest BCUT2D eigenvalue weighted by Crippen LogP contribution is -2.59. The van der Waals surface area contributed by atoms with Gasteiger partial charge in [0.15, 0.2) is 0 Å². The van der Waals surface area contributed by atoms with Crippen molar-refractivity contribution in [3.8, 4) is 16.2 Å². The Morgan fingerprint density at radius 2 is 1.57 bits per heavy atom. The van der Waals surface area contributed by atoms with Crippen LogP contribution in [-0.2, 0) is 30.5 Å². The van der Waals surface area contributed by atoms with E-state index in [0.717, 1.165) is 140 Å². The number of unbranched alkanes of at least 4 members (excludes halogenated alkanes) is 8. The first-order chi connectivity index (χ1) is 36.9. The molecule has 13 nitrogen and oxygen atoms in total. The summed E-state index contributed by atoms with van der Waals surface area (Å²) in [6.45, 7) is 13.4. The van der Waals surface area contributed by atoms with Gasteiger partial charge in [-0.2, -0.15) is 0 Å². The van der Waals surface area contributed by atoms with Crippen LogP contribution in [0.25, 0.3) is 21.2 Å². The number of nitrogens with one attached hydrogen (secondary N) is 4. The quantitative estimate of drug-likeness (QED) is 0.0512. The van der Waals surface area contributed by atoms with E-state index in [0.29, 0.717) is 30.8 Å². The molecule has 0 bridgehead atoms. The van der Waals surface area contributed by atoms with Crippen molar-refractivity contribution < 1.29 is 33.8 Å². The van der Waals surface area contributed by atoms with Gasteiger partial charge in [0.25, 0.3) is 0 Å². The van der Waals surface area contributed by atoms with Gasteiger partial charge < -0.3 is 36.0 Å². The number of carbonyl (C=O) groups is 5. The highest BCUT2D eigenvalue weighted by Gasteiger charge is 2.61. The Morgan fingerprint density at radius 3 is 2.30 bits per heavy atom. The summed E-state index contributed by atoms with van der Waals surface area (Å²) in [5.41, 5.74) is 4.98. The Kier molecular flexibility index (Phi) is 17.6. The van der Waals surface area contributed by atoms with Crippen LogP contribution in [0.4, 0.5) is 5.69 Å². The molecule has 77 heavy (non-hydrogen) atoms. The van der Waals surface area contributed by atoms with Crippen LogP contribution in [0.3, 0.4) is 0 Å². The van der Waals surface area contributed by atoms with Gasteiger partial charge in [-0.15, -0.1) is 11.3 Å². The fourth-order valence-electron chi connectivity index (χ4n) is 14.3. The van der Waals surface area contributed by atoms with Gasteiger partial charge in [0.1, 0.15) is 17.8 Å². The molecular weight excluding hydrogens is 985 g/mol. The van der Waals surface area contributed by atoms with Crippen LogP contribution in [0.5, 0.6) is 5.75 Å². The van der Waals surface area contributed by atoms with Crippen molar-refractivity contribution in [3.63, 3.8) is 0 Å². The third-order valence-corrected chi connectivity index (χ3v) is 19.6. The summed E-state index contributed by atoms with van der Waals surface area (Å²) in [6.07, 6.45) is 19.1. The fraction of sp³-hybridized carbons (Fsp3) is 0.587. The largest absolute Gasteiger partial charge is 0.493 e. The van der Waals surface area contributed by atoms with Crippen LogP contribution in [0.1, 0.15) is 155 Å². The summed E-state index contributed by atoms with van der Waals surface area (Å²) in [5.74, 6) is 1.75. The van der Waals surface area contributed by atoms with Gasteiger partial charge in [-0.3, -0.25) is 24.0 Å². The topological polar surface area (TPSA) is 179 Å². The van der Waals surface area contributed by atoms with E-state index in [-0.39, 0.29) is 71.8 Å². The SMILES string of the molecule is Cc1ncsc1-c1ccc(CNC(=O)[C@@H]2C[C@@H](O)CN2C(=O)[C@@H](NC(=O)CCCCCCCCCCCOc2cccc3c(NC(=O)[C@H]4CC[C@H]5[C@@H]6CC[C@H]7NC(=O)C=C[C@]7(C)[C@H]6CC[C@]45C)cccc23)C(C)(C)C)cc1. The average Bonchev–Trinajstić information content (AvgIpc) is 4.20. The molecule has 3 aromatic carbocycles. The molecule has 3 saturated carbocycles. The molecule has 0 spiro atoms. The number of likely N-dealkylation sites (tertiary alicyclic amines) is 1. The summed E-state index contributed by atoms with van der Waals surface area (Å²) in [7, 11) is 0. The Labute approximate surface area is 460 Å². The number of aryl methyl sites for hydroxylation is 1. The zero-order chi connectivity index (χ0) is 54.5. The second kappa shape index (κ2) is 24.2. The normalized spacial score (nSPS) is 27.0. The maximum absolute atomic E-state index is 14.3. The molecule has 10 atom stereocenters. The maximum Gasteiger partial charge on any atom is 0.246 e. The lowest BCUT2D eigenvalue weighted by molar-refractivity contribution is -0.144. The number of ether oxygens (including phenoxy) is 1. The van der Waals surface area contributed by atoms with Gasteiger partial charge in [-0.25, -0.2) is 4.98 Å². The van der Waals surface area contributed by atoms with Gasteiger partial charge in [0.05, 0.1) is 28.8 Å². The van der Waals surface area contributed by atoms with Gasteiger partial charge >= 0.3 is 0 Å². The number of hydrogen-bond acceptors (Lipinski definition) is 9. The zero-order valence-electron chi connectivity index (χ0n) is 46.5. The van der Waals surface area contributed by atoms with Gasteiger partial charge in [-0.1, -0.05) is 134 Å². The third kappa shape index (κ3) is 12.5. The first-order valence-corrected chi connectivity index (χ1v) is 29.8. The van der Waals surface area contributed by atoms with Gasteiger partial charge in [0, 0.05) is 59.8 Å². The molecule has 5 amide bonds. The molecule has 1 aromatic heterocycles. The first kappa shape index (κ1) is 56.1. The minimum atomic E-state index is -0.841. The monoisotopic (exact) mass is 1070 g/mol. The number of nitrogens with zero attached hydrogens (tertiary/aromatic N) is 2. The number of hydrogen-bond donors (Lipinski definition) is 5. The van der Waals surface area contributed by atoms with E-state index in [1.807, 2.05) is 81.7 Å². The van der Waals surface area contributed by atoms with Crippen molar-refractivity contribution in [1.29, 1.82) is 0 Å². The number of aliphatic hydroxyl groups excluding tert-OH is 1. The highest BCUT2D eigenvalue weighted by molar-refractivity contribution is 7.13. The first-order valence-electron chi connectivity index (χ1n) is 28.9. The lowest BCUT2D eigenvalue weighted by Gasteiger charge is -2.58. The van der Waals surface area contributed by atoms with Crippen molar-refractivity contribution in [2.75, 3.05) is 18.5 Å². The van der Waals surface area contributed by atoms with Crippen LogP contribution in [0.15, 0.2) is 78.3 Å². The molecule has 4 fully saturated rings. The number of thiazole rings is 1. The van der Waals surface area contributed by atoms with E-state index < -0.39 is 23.6 Å². The number of β-amino-alcohol motifs (C(OH)–C–C–N with tert-alkyl or cyclic N) is 1. The zero-order valence-corrected chi connectivity index (χ0v) is 47.3. The summed E-state index contributed by atoms with van der Waals surface area (Å²) in [4.78, 5) is 74.2. The highest BCUT2D eigenvalue weighted by Crippen LogP contribution is 2.65. The molecule has 2 aliphatic heterocycles. The van der Waals surface area contributed by atoms with Crippen molar-refractivity contribution in [3.05, 3.63) is 89.6 Å². The number of aromatic nitrogens is 1. The minimum Gasteiger partial charge on any atom is -0.493 e. The van der Waals surface area contributed by atoms with Crippen LogP contribution >= 0.6 is 11.3 Å². The number of anilines is 1. The average molecular weight is 1070 g/mol. The molecule has 4 aromatic rings. The minimum absolute atomic E-state index is 0.0171. The van der Waals surface area contributed by atoms with Crippen molar-refractivity contribution in [2.45, 2.75) is 181 Å². The molecule has 0 unspecified atom stereocenters. The molecular formula is C63H84N6O7S. The summed E-state index contributed by atoms with van der Waals surface area (Å²) in [6, 6.07) is 18.7. The highest BCUT2D eigenvalue weighted by atomic mass is 32.1. The summed E-state index contributed by atoms with van der Waals surface area (Å²) < 4.78 is 6.37. The Balaban J connectivity index is 0.652. The maximum atomic E-state index is 14.3. The summed E-state index contributed by atoms with van der Waals surface area (Å²) in [5, 5.41) is 25.3. The van der Waals surface area contributed by atoms with Crippen LogP contribution < -0.4 is 26.0 Å². The van der Waals surface area contributed by atoms with Crippen LogP contribution in [0.2, 0.25) is 0 Å². The molecule has 14 heteroatoms.